The topological polar surface area (TPSA) is 47.6 Å². The highest BCUT2D eigenvalue weighted by molar-refractivity contribution is 9.10. The van der Waals surface area contributed by atoms with Gasteiger partial charge in [-0.25, -0.2) is 0 Å². The zero-order chi connectivity index (χ0) is 17.5. The number of carbonyl (C=O) groups excluding carboxylic acids is 1. The Labute approximate surface area is 154 Å². The average Bonchev–Trinajstić information content (AvgIpc) is 2.59. The van der Waals surface area contributed by atoms with Gasteiger partial charge < -0.3 is 14.8 Å². The predicted octanol–water partition coefficient (Wildman–Crippen LogP) is 4.45. The molecule has 2 aromatic carbocycles. The Kier molecular flexibility index (Phi) is 6.70. The Morgan fingerprint density at radius 3 is 2.42 bits per heavy atom. The smallest absolute Gasteiger partial charge is 0.244 e. The number of benzene rings is 2. The zero-order valence-electron chi connectivity index (χ0n) is 13.3. The van der Waals surface area contributed by atoms with E-state index in [0.29, 0.717) is 23.1 Å². The molecule has 0 unspecified atom stereocenters. The van der Waals surface area contributed by atoms with E-state index >= 15 is 0 Å². The summed E-state index contributed by atoms with van der Waals surface area (Å²) < 4.78 is 11.3. The van der Waals surface area contributed by atoms with Crippen molar-refractivity contribution in [2.75, 3.05) is 14.2 Å². The SMILES string of the molecule is COc1cc(Br)c(CNC(=O)C=Cc2ccc(Cl)cc2)cc1OC. The first-order valence-electron chi connectivity index (χ1n) is 7.15. The van der Waals surface area contributed by atoms with Gasteiger partial charge in [0, 0.05) is 22.1 Å². The number of hydrogen-bond donors (Lipinski definition) is 1. The Morgan fingerprint density at radius 2 is 1.79 bits per heavy atom. The molecule has 0 aliphatic heterocycles. The highest BCUT2D eigenvalue weighted by atomic mass is 79.9. The number of carbonyl (C=O) groups is 1. The molecule has 24 heavy (non-hydrogen) atoms. The minimum absolute atomic E-state index is 0.188. The summed E-state index contributed by atoms with van der Waals surface area (Å²) in [6.07, 6.45) is 3.22. The molecule has 2 rings (SSSR count). The van der Waals surface area contributed by atoms with Crippen LogP contribution < -0.4 is 14.8 Å². The standard InChI is InChI=1S/C18H17BrClNO3/c1-23-16-9-13(15(19)10-17(16)24-2)11-21-18(22)8-5-12-3-6-14(20)7-4-12/h3-10H,11H2,1-2H3,(H,21,22). The molecule has 0 heterocycles. The summed E-state index contributed by atoms with van der Waals surface area (Å²) >= 11 is 9.29. The van der Waals surface area contributed by atoms with Crippen molar-refractivity contribution in [3.8, 4) is 11.5 Å². The fraction of sp³-hybridized carbons (Fsp3) is 0.167. The van der Waals surface area contributed by atoms with Gasteiger partial charge in [0.05, 0.1) is 14.2 Å². The van der Waals surface area contributed by atoms with Crippen molar-refractivity contribution >= 4 is 39.5 Å². The van der Waals surface area contributed by atoms with Crippen molar-refractivity contribution in [2.24, 2.45) is 0 Å². The van der Waals surface area contributed by atoms with Crippen molar-refractivity contribution in [3.63, 3.8) is 0 Å². The Hall–Kier alpha value is -1.98. The van der Waals surface area contributed by atoms with Crippen LogP contribution in [0.15, 0.2) is 46.9 Å². The van der Waals surface area contributed by atoms with E-state index in [-0.39, 0.29) is 5.91 Å². The summed E-state index contributed by atoms with van der Waals surface area (Å²) in [6.45, 7) is 0.366. The molecule has 4 nitrogen and oxygen atoms in total. The molecule has 1 amide bonds. The third kappa shape index (κ3) is 5.01. The summed E-state index contributed by atoms with van der Waals surface area (Å²) in [5.74, 6) is 1.05. The van der Waals surface area contributed by atoms with Gasteiger partial charge in [-0.1, -0.05) is 39.7 Å². The first-order chi connectivity index (χ1) is 11.5. The van der Waals surface area contributed by atoms with Crippen LogP contribution in [-0.2, 0) is 11.3 Å². The van der Waals surface area contributed by atoms with Crippen LogP contribution in [-0.4, -0.2) is 20.1 Å². The van der Waals surface area contributed by atoms with Crippen molar-refractivity contribution in [3.05, 3.63) is 63.1 Å². The minimum Gasteiger partial charge on any atom is -0.493 e. The Bertz CT molecular complexity index is 745. The second-order valence-electron chi connectivity index (χ2n) is 4.90. The lowest BCUT2D eigenvalue weighted by atomic mass is 10.2. The van der Waals surface area contributed by atoms with Crippen LogP contribution in [0.1, 0.15) is 11.1 Å². The van der Waals surface area contributed by atoms with E-state index in [0.717, 1.165) is 15.6 Å². The second-order valence-corrected chi connectivity index (χ2v) is 6.19. The number of ether oxygens (including phenoxy) is 2. The highest BCUT2D eigenvalue weighted by Gasteiger charge is 2.10. The number of halogens is 2. The molecule has 0 radical (unpaired) electrons. The lowest BCUT2D eigenvalue weighted by Crippen LogP contribution is -2.20. The molecule has 1 N–H and O–H groups in total. The fourth-order valence-electron chi connectivity index (χ4n) is 2.02. The average molecular weight is 411 g/mol. The number of amides is 1. The summed E-state index contributed by atoms with van der Waals surface area (Å²) in [6, 6.07) is 10.9. The van der Waals surface area contributed by atoms with Gasteiger partial charge in [-0.2, -0.15) is 0 Å². The maximum absolute atomic E-state index is 12.0. The first-order valence-corrected chi connectivity index (χ1v) is 8.32. The molecule has 0 bridgehead atoms. The van der Waals surface area contributed by atoms with E-state index in [9.17, 15) is 4.79 Å². The van der Waals surface area contributed by atoms with Crippen LogP contribution >= 0.6 is 27.5 Å². The predicted molar refractivity (Wildman–Crippen MR) is 99.6 cm³/mol. The van der Waals surface area contributed by atoms with E-state index in [1.165, 1.54) is 6.08 Å². The summed E-state index contributed by atoms with van der Waals surface area (Å²) in [5.41, 5.74) is 1.79. The van der Waals surface area contributed by atoms with Gasteiger partial charge in [0.2, 0.25) is 5.91 Å². The quantitative estimate of drug-likeness (QED) is 0.716. The molecule has 0 fully saturated rings. The van der Waals surface area contributed by atoms with Crippen molar-refractivity contribution in [1.82, 2.24) is 5.32 Å². The summed E-state index contributed by atoms with van der Waals surface area (Å²) in [5, 5.41) is 3.49. The van der Waals surface area contributed by atoms with Crippen LogP contribution in [0.5, 0.6) is 11.5 Å². The number of nitrogens with one attached hydrogen (secondary N) is 1. The Balaban J connectivity index is 1.99. The molecule has 0 saturated heterocycles. The van der Waals surface area contributed by atoms with Crippen LogP contribution in [0, 0.1) is 0 Å². The van der Waals surface area contributed by atoms with Gasteiger partial charge in [-0.05, 0) is 41.5 Å². The molecule has 0 spiro atoms. The van der Waals surface area contributed by atoms with Gasteiger partial charge in [0.1, 0.15) is 0 Å². The minimum atomic E-state index is -0.188. The molecule has 6 heteroatoms. The van der Waals surface area contributed by atoms with Crippen LogP contribution in [0.25, 0.3) is 6.08 Å². The molecule has 0 atom stereocenters. The van der Waals surface area contributed by atoms with Gasteiger partial charge in [-0.3, -0.25) is 4.79 Å². The van der Waals surface area contributed by atoms with E-state index in [4.69, 9.17) is 21.1 Å². The van der Waals surface area contributed by atoms with Crippen molar-refractivity contribution in [1.29, 1.82) is 0 Å². The lowest BCUT2D eigenvalue weighted by Gasteiger charge is -2.12. The highest BCUT2D eigenvalue weighted by Crippen LogP contribution is 2.33. The largest absolute Gasteiger partial charge is 0.493 e. The van der Waals surface area contributed by atoms with E-state index in [2.05, 4.69) is 21.2 Å². The van der Waals surface area contributed by atoms with E-state index < -0.39 is 0 Å². The molecule has 0 aliphatic rings. The number of hydrogen-bond acceptors (Lipinski definition) is 3. The van der Waals surface area contributed by atoms with Gasteiger partial charge >= 0.3 is 0 Å². The molecule has 126 valence electrons. The zero-order valence-corrected chi connectivity index (χ0v) is 15.6. The third-order valence-electron chi connectivity index (χ3n) is 3.30. The first kappa shape index (κ1) is 18.4. The number of methoxy groups -OCH3 is 2. The molecule has 0 aliphatic carbocycles. The van der Waals surface area contributed by atoms with Crippen LogP contribution in [0.3, 0.4) is 0 Å². The van der Waals surface area contributed by atoms with Gasteiger partial charge in [0.25, 0.3) is 0 Å². The molecule has 0 aromatic heterocycles. The maximum Gasteiger partial charge on any atom is 0.244 e. The van der Waals surface area contributed by atoms with Crippen LogP contribution in [0.2, 0.25) is 5.02 Å². The van der Waals surface area contributed by atoms with E-state index in [1.807, 2.05) is 24.3 Å². The Morgan fingerprint density at radius 1 is 1.17 bits per heavy atom. The second kappa shape index (κ2) is 8.76. The summed E-state index contributed by atoms with van der Waals surface area (Å²) in [7, 11) is 3.15. The maximum atomic E-state index is 12.0. The molecular weight excluding hydrogens is 394 g/mol. The molecular formula is C18H17BrClNO3. The van der Waals surface area contributed by atoms with Crippen molar-refractivity contribution in [2.45, 2.75) is 6.54 Å². The number of rotatable bonds is 6. The van der Waals surface area contributed by atoms with Gasteiger partial charge in [-0.15, -0.1) is 0 Å². The molecule has 0 saturated carbocycles. The fourth-order valence-corrected chi connectivity index (χ4v) is 2.61. The normalized spacial score (nSPS) is 10.7. The van der Waals surface area contributed by atoms with Gasteiger partial charge in [0.15, 0.2) is 11.5 Å². The van der Waals surface area contributed by atoms with E-state index in [1.54, 1.807) is 32.4 Å². The van der Waals surface area contributed by atoms with Crippen LogP contribution in [0.4, 0.5) is 0 Å². The lowest BCUT2D eigenvalue weighted by molar-refractivity contribution is -0.116. The molecule has 2 aromatic rings. The monoisotopic (exact) mass is 409 g/mol. The summed E-state index contributed by atoms with van der Waals surface area (Å²) in [4.78, 5) is 12.0. The third-order valence-corrected chi connectivity index (χ3v) is 4.29. The van der Waals surface area contributed by atoms with Crippen molar-refractivity contribution < 1.29 is 14.3 Å².